The van der Waals surface area contributed by atoms with Crippen molar-refractivity contribution in [2.45, 2.75) is 0 Å². The van der Waals surface area contributed by atoms with Crippen molar-refractivity contribution in [1.29, 1.82) is 0 Å². The van der Waals surface area contributed by atoms with E-state index in [1.165, 1.54) is 64.0 Å². The molecule has 7 aromatic rings. The zero-order valence-electron chi connectivity index (χ0n) is 18.0. The zero-order valence-corrected chi connectivity index (χ0v) is 18.8. The molecule has 0 radical (unpaired) electrons. The van der Waals surface area contributed by atoms with Gasteiger partial charge in [0.2, 0.25) is 0 Å². The fourth-order valence-electron chi connectivity index (χ4n) is 4.94. The third-order valence-corrected chi connectivity index (χ3v) is 7.86. The van der Waals surface area contributed by atoms with Crippen LogP contribution >= 0.6 is 11.3 Å². The van der Waals surface area contributed by atoms with Crippen LogP contribution in [-0.2, 0) is 0 Å². The van der Waals surface area contributed by atoms with Gasteiger partial charge in [-0.25, -0.2) is 0 Å². The highest BCUT2D eigenvalue weighted by molar-refractivity contribution is 7.26. The highest BCUT2D eigenvalue weighted by Gasteiger charge is 2.11. The minimum absolute atomic E-state index is 1.26. The van der Waals surface area contributed by atoms with Gasteiger partial charge in [-0.3, -0.25) is 0 Å². The van der Waals surface area contributed by atoms with Gasteiger partial charge in [-0.15, -0.1) is 11.3 Å². The summed E-state index contributed by atoms with van der Waals surface area (Å²) < 4.78 is 2.71. The molecule has 0 bridgehead atoms. The Labute approximate surface area is 196 Å². The standard InChI is InChI=1S/C32H20S/c1-2-7-22-18-23(13-12-21(22)6-1)24-14-15-26-20-27(17-16-25(26)19-24)28-9-5-10-30-29-8-3-4-11-31(29)33-32(28)30/h1-20H. The molecule has 7 rings (SSSR count). The Morgan fingerprint density at radius 3 is 1.79 bits per heavy atom. The Hall–Kier alpha value is -3.94. The summed E-state index contributed by atoms with van der Waals surface area (Å²) in [4.78, 5) is 0. The lowest BCUT2D eigenvalue weighted by atomic mass is 9.96. The van der Waals surface area contributed by atoms with Crippen molar-refractivity contribution >= 4 is 53.1 Å². The van der Waals surface area contributed by atoms with Gasteiger partial charge in [0.15, 0.2) is 0 Å². The summed E-state index contributed by atoms with van der Waals surface area (Å²) in [5.41, 5.74) is 5.11. The molecule has 6 aromatic carbocycles. The highest BCUT2D eigenvalue weighted by Crippen LogP contribution is 2.40. The van der Waals surface area contributed by atoms with Crippen molar-refractivity contribution in [2.75, 3.05) is 0 Å². The first-order valence-electron chi connectivity index (χ1n) is 11.3. The molecule has 1 heteroatoms. The molecule has 0 unspecified atom stereocenters. The average molecular weight is 437 g/mol. The third kappa shape index (κ3) is 3.05. The summed E-state index contributed by atoms with van der Waals surface area (Å²) in [6, 6.07) is 44.3. The summed E-state index contributed by atoms with van der Waals surface area (Å²) in [5.74, 6) is 0. The summed E-state index contributed by atoms with van der Waals surface area (Å²) in [6.07, 6.45) is 0. The number of hydrogen-bond donors (Lipinski definition) is 0. The molecule has 0 fully saturated rings. The molecule has 0 aliphatic carbocycles. The number of rotatable bonds is 2. The van der Waals surface area contributed by atoms with E-state index < -0.39 is 0 Å². The molecule has 0 spiro atoms. The van der Waals surface area contributed by atoms with Crippen LogP contribution in [0.15, 0.2) is 121 Å². The maximum atomic E-state index is 2.33. The van der Waals surface area contributed by atoms with E-state index in [0.29, 0.717) is 0 Å². The van der Waals surface area contributed by atoms with Crippen molar-refractivity contribution in [2.24, 2.45) is 0 Å². The van der Waals surface area contributed by atoms with Crippen molar-refractivity contribution in [1.82, 2.24) is 0 Å². The van der Waals surface area contributed by atoms with Crippen LogP contribution in [0, 0.1) is 0 Å². The Morgan fingerprint density at radius 2 is 0.970 bits per heavy atom. The molecule has 0 saturated heterocycles. The molecular weight excluding hydrogens is 416 g/mol. The maximum Gasteiger partial charge on any atom is 0.0433 e. The first kappa shape index (κ1) is 18.6. The monoisotopic (exact) mass is 436 g/mol. The lowest BCUT2D eigenvalue weighted by Gasteiger charge is -2.09. The molecule has 0 amide bonds. The van der Waals surface area contributed by atoms with Crippen LogP contribution in [0.1, 0.15) is 0 Å². The van der Waals surface area contributed by atoms with Crippen LogP contribution in [-0.4, -0.2) is 0 Å². The van der Waals surface area contributed by atoms with Crippen molar-refractivity contribution in [3.63, 3.8) is 0 Å². The minimum atomic E-state index is 1.26. The van der Waals surface area contributed by atoms with E-state index in [1.807, 2.05) is 11.3 Å². The predicted molar refractivity (Wildman–Crippen MR) is 145 cm³/mol. The molecule has 0 N–H and O–H groups in total. The van der Waals surface area contributed by atoms with Gasteiger partial charge in [-0.1, -0.05) is 97.1 Å². The maximum absolute atomic E-state index is 2.33. The Balaban J connectivity index is 1.34. The van der Waals surface area contributed by atoms with Crippen LogP contribution < -0.4 is 0 Å². The summed E-state index contributed by atoms with van der Waals surface area (Å²) in [6.45, 7) is 0. The zero-order chi connectivity index (χ0) is 21.8. The molecule has 0 atom stereocenters. The van der Waals surface area contributed by atoms with E-state index in [0.717, 1.165) is 0 Å². The third-order valence-electron chi connectivity index (χ3n) is 6.64. The SMILES string of the molecule is c1ccc2cc(-c3ccc4cc(-c5cccc6c5sc5ccccc56)ccc4c3)ccc2c1. The van der Waals surface area contributed by atoms with Gasteiger partial charge >= 0.3 is 0 Å². The fraction of sp³-hybridized carbons (Fsp3) is 0. The molecule has 0 aliphatic heterocycles. The van der Waals surface area contributed by atoms with E-state index in [9.17, 15) is 0 Å². The lowest BCUT2D eigenvalue weighted by molar-refractivity contribution is 1.66. The van der Waals surface area contributed by atoms with Gasteiger partial charge in [-0.2, -0.15) is 0 Å². The Kier molecular flexibility index (Phi) is 4.12. The van der Waals surface area contributed by atoms with Crippen molar-refractivity contribution in [3.8, 4) is 22.3 Å². The van der Waals surface area contributed by atoms with Gasteiger partial charge in [0.1, 0.15) is 0 Å². The smallest absolute Gasteiger partial charge is 0.0433 e. The number of fused-ring (bicyclic) bond motifs is 5. The van der Waals surface area contributed by atoms with E-state index in [-0.39, 0.29) is 0 Å². The van der Waals surface area contributed by atoms with Gasteiger partial charge in [0.25, 0.3) is 0 Å². The Bertz CT molecular complexity index is 1820. The van der Waals surface area contributed by atoms with Crippen LogP contribution in [0.3, 0.4) is 0 Å². The van der Waals surface area contributed by atoms with Crippen LogP contribution in [0.4, 0.5) is 0 Å². The van der Waals surface area contributed by atoms with Gasteiger partial charge in [-0.05, 0) is 68.1 Å². The van der Waals surface area contributed by atoms with Gasteiger partial charge in [0.05, 0.1) is 0 Å². The van der Waals surface area contributed by atoms with E-state index in [1.54, 1.807) is 0 Å². The first-order valence-corrected chi connectivity index (χ1v) is 12.1. The van der Waals surface area contributed by atoms with Crippen LogP contribution in [0.5, 0.6) is 0 Å². The van der Waals surface area contributed by atoms with E-state index in [4.69, 9.17) is 0 Å². The van der Waals surface area contributed by atoms with Crippen molar-refractivity contribution < 1.29 is 0 Å². The number of hydrogen-bond acceptors (Lipinski definition) is 1. The van der Waals surface area contributed by atoms with Crippen molar-refractivity contribution in [3.05, 3.63) is 121 Å². The summed E-state index contributed by atoms with van der Waals surface area (Å²) in [5, 5.41) is 7.80. The lowest BCUT2D eigenvalue weighted by Crippen LogP contribution is -1.83. The van der Waals surface area contributed by atoms with Gasteiger partial charge in [0, 0.05) is 20.2 Å². The molecular formula is C32H20S. The summed E-state index contributed by atoms with van der Waals surface area (Å²) in [7, 11) is 0. The second-order valence-corrected chi connectivity index (χ2v) is 9.67. The van der Waals surface area contributed by atoms with E-state index >= 15 is 0 Å². The second-order valence-electron chi connectivity index (χ2n) is 8.62. The second kappa shape index (κ2) is 7.30. The Morgan fingerprint density at radius 1 is 0.394 bits per heavy atom. The fourth-order valence-corrected chi connectivity index (χ4v) is 6.17. The van der Waals surface area contributed by atoms with Gasteiger partial charge < -0.3 is 0 Å². The molecule has 0 nitrogen and oxygen atoms in total. The van der Waals surface area contributed by atoms with Crippen LogP contribution in [0.25, 0.3) is 64.0 Å². The summed E-state index contributed by atoms with van der Waals surface area (Å²) >= 11 is 1.89. The molecule has 154 valence electrons. The minimum Gasteiger partial charge on any atom is -0.135 e. The molecule has 1 aromatic heterocycles. The highest BCUT2D eigenvalue weighted by atomic mass is 32.1. The predicted octanol–water partition coefficient (Wildman–Crippen LogP) is 9.69. The first-order chi connectivity index (χ1) is 16.3. The number of thiophene rings is 1. The molecule has 0 aliphatic rings. The molecule has 1 heterocycles. The quantitative estimate of drug-likeness (QED) is 0.253. The largest absolute Gasteiger partial charge is 0.135 e. The topological polar surface area (TPSA) is 0 Å². The average Bonchev–Trinajstić information content (AvgIpc) is 3.27. The molecule has 33 heavy (non-hydrogen) atoms. The van der Waals surface area contributed by atoms with Crippen LogP contribution in [0.2, 0.25) is 0 Å². The number of benzene rings is 6. The van der Waals surface area contributed by atoms with E-state index in [2.05, 4.69) is 121 Å². The normalized spacial score (nSPS) is 11.6. The molecule has 0 saturated carbocycles.